The predicted molar refractivity (Wildman–Crippen MR) is 119 cm³/mol. The van der Waals surface area contributed by atoms with Crippen LogP contribution in [-0.4, -0.2) is 60.1 Å². The molecule has 4 aliphatic carbocycles. The van der Waals surface area contributed by atoms with Crippen LogP contribution in [0.1, 0.15) is 78.6 Å². The summed E-state index contributed by atoms with van der Waals surface area (Å²) in [6, 6.07) is 0. The Morgan fingerprint density at radius 3 is 2.41 bits per heavy atom. The molecule has 190 valence electrons. The molecule has 0 radical (unpaired) electrons. The first-order chi connectivity index (χ1) is 16.0. The minimum atomic E-state index is -1.02. The molecule has 0 unspecified atom stereocenters. The molecule has 5 fully saturated rings. The monoisotopic (exact) mass is 478 g/mol. The number of carbonyl (C=O) groups excluding carboxylic acids is 3. The molecule has 9 atom stereocenters. The summed E-state index contributed by atoms with van der Waals surface area (Å²) in [5.41, 5.74) is -2.24. The van der Waals surface area contributed by atoms with E-state index in [1.165, 1.54) is 13.8 Å². The third-order valence-corrected chi connectivity index (χ3v) is 10.5. The Bertz CT molecular complexity index is 888. The number of ether oxygens (including phenoxy) is 4. The number of fused-ring (bicyclic) bond motifs is 1. The number of Topliss-reactive ketones (excluding diaryl/α,β-unsaturated/α-hetero) is 1. The zero-order chi connectivity index (χ0) is 24.5. The summed E-state index contributed by atoms with van der Waals surface area (Å²) >= 11 is 0. The highest BCUT2D eigenvalue weighted by Gasteiger charge is 2.79. The van der Waals surface area contributed by atoms with Crippen LogP contribution in [-0.2, 0) is 33.3 Å². The molecule has 0 amide bonds. The lowest BCUT2D eigenvalue weighted by Gasteiger charge is -2.63. The van der Waals surface area contributed by atoms with Crippen LogP contribution in [0.4, 0.5) is 0 Å². The molecule has 0 aromatic carbocycles. The molecule has 1 heterocycles. The first kappa shape index (κ1) is 24.2. The Kier molecular flexibility index (Phi) is 5.69. The van der Waals surface area contributed by atoms with Gasteiger partial charge >= 0.3 is 11.9 Å². The van der Waals surface area contributed by atoms with Crippen LogP contribution >= 0.6 is 0 Å². The van der Waals surface area contributed by atoms with Crippen molar-refractivity contribution in [1.82, 2.24) is 0 Å². The Morgan fingerprint density at radius 2 is 1.74 bits per heavy atom. The van der Waals surface area contributed by atoms with Crippen molar-refractivity contribution >= 4 is 17.7 Å². The summed E-state index contributed by atoms with van der Waals surface area (Å²) in [6.07, 6.45) is 5.60. The number of ketones is 1. The van der Waals surface area contributed by atoms with E-state index in [1.807, 2.05) is 0 Å². The molecule has 8 nitrogen and oxygen atoms in total. The van der Waals surface area contributed by atoms with Gasteiger partial charge in [-0.25, -0.2) is 0 Å². The van der Waals surface area contributed by atoms with Crippen molar-refractivity contribution in [3.63, 3.8) is 0 Å². The van der Waals surface area contributed by atoms with Gasteiger partial charge in [0.05, 0.1) is 16.6 Å². The lowest BCUT2D eigenvalue weighted by molar-refractivity contribution is -0.241. The number of hydrogen-bond donors (Lipinski definition) is 1. The van der Waals surface area contributed by atoms with Crippen LogP contribution < -0.4 is 0 Å². The quantitative estimate of drug-likeness (QED) is 0.601. The second-order valence-corrected chi connectivity index (χ2v) is 11.7. The van der Waals surface area contributed by atoms with Crippen molar-refractivity contribution < 1.29 is 38.4 Å². The van der Waals surface area contributed by atoms with Gasteiger partial charge in [0.2, 0.25) is 0 Å². The average molecular weight is 479 g/mol. The van der Waals surface area contributed by atoms with Gasteiger partial charge in [-0.3, -0.25) is 14.4 Å². The first-order valence-corrected chi connectivity index (χ1v) is 12.8. The zero-order valence-electron chi connectivity index (χ0n) is 20.8. The maximum atomic E-state index is 13.1. The summed E-state index contributed by atoms with van der Waals surface area (Å²) in [4.78, 5) is 35.9. The molecule has 1 saturated heterocycles. The van der Waals surface area contributed by atoms with Gasteiger partial charge in [-0.2, -0.15) is 0 Å². The van der Waals surface area contributed by atoms with Crippen LogP contribution in [0.15, 0.2) is 0 Å². The lowest BCUT2D eigenvalue weighted by atomic mass is 9.42. The standard InChI is InChI=1S/C26H38O8/c1-15(27)32-14-19(29)18-5-6-20-23(18,3)9-8-21-25-10-7-17(33-16(2)28)13-24(25,30)11-12-26(20,21)34-22(25)31-4/h17-18,20-22,30H,5-14H2,1-4H3/t17-,18-,20-,21-,22-,23-,24-,25-,26-/m1/s1. The highest BCUT2D eigenvalue weighted by molar-refractivity contribution is 5.85. The van der Waals surface area contributed by atoms with Gasteiger partial charge < -0.3 is 24.1 Å². The Labute approximate surface area is 201 Å². The summed E-state index contributed by atoms with van der Waals surface area (Å²) in [5, 5.41) is 12.1. The molecule has 8 heteroatoms. The number of aliphatic hydroxyl groups is 1. The SMILES string of the molecule is CO[C@@H]1O[C@@]23CC[C@@]4(O)C[C@H](OC(C)=O)CC[C@@]14[C@H]2CC[C@]1(C)[C@@H](C(=O)COC(C)=O)CC[C@H]13. The molecule has 5 rings (SSSR count). The summed E-state index contributed by atoms with van der Waals surface area (Å²) in [6.45, 7) is 4.78. The van der Waals surface area contributed by atoms with Crippen molar-refractivity contribution in [1.29, 1.82) is 0 Å². The van der Waals surface area contributed by atoms with E-state index in [0.29, 0.717) is 32.1 Å². The maximum Gasteiger partial charge on any atom is 0.303 e. The van der Waals surface area contributed by atoms with Crippen LogP contribution in [0, 0.1) is 28.6 Å². The van der Waals surface area contributed by atoms with Crippen LogP contribution in [0.5, 0.6) is 0 Å². The van der Waals surface area contributed by atoms with Gasteiger partial charge in [0.1, 0.15) is 12.7 Å². The second-order valence-electron chi connectivity index (χ2n) is 11.7. The highest BCUT2D eigenvalue weighted by Crippen LogP contribution is 2.75. The Morgan fingerprint density at radius 1 is 0.971 bits per heavy atom. The number of hydrogen-bond acceptors (Lipinski definition) is 8. The van der Waals surface area contributed by atoms with E-state index in [9.17, 15) is 19.5 Å². The third kappa shape index (κ3) is 3.10. The van der Waals surface area contributed by atoms with Gasteiger partial charge in [0.25, 0.3) is 0 Å². The Balaban J connectivity index is 1.46. The van der Waals surface area contributed by atoms with E-state index in [0.717, 1.165) is 25.7 Å². The number of esters is 2. The minimum Gasteiger partial charge on any atom is -0.462 e. The molecule has 0 aromatic heterocycles. The van der Waals surface area contributed by atoms with Crippen molar-refractivity contribution in [2.45, 2.75) is 102 Å². The normalized spacial score (nSPS) is 48.9. The fourth-order valence-electron chi connectivity index (χ4n) is 9.33. The second kappa shape index (κ2) is 8.00. The van der Waals surface area contributed by atoms with Gasteiger partial charge in [-0.05, 0) is 62.7 Å². The van der Waals surface area contributed by atoms with Crippen molar-refractivity contribution in [2.24, 2.45) is 28.6 Å². The molecule has 4 saturated carbocycles. The predicted octanol–water partition coefficient (Wildman–Crippen LogP) is 2.93. The van der Waals surface area contributed by atoms with E-state index in [-0.39, 0.29) is 47.6 Å². The molecule has 1 spiro atoms. The van der Waals surface area contributed by atoms with Crippen molar-refractivity contribution in [3.8, 4) is 0 Å². The van der Waals surface area contributed by atoms with E-state index in [2.05, 4.69) is 6.92 Å². The number of methoxy groups -OCH3 is 1. The van der Waals surface area contributed by atoms with Crippen LogP contribution in [0.2, 0.25) is 0 Å². The fourth-order valence-corrected chi connectivity index (χ4v) is 9.33. The number of rotatable bonds is 5. The summed E-state index contributed by atoms with van der Waals surface area (Å²) in [5.74, 6) is -0.603. The molecular formula is C26H38O8. The van der Waals surface area contributed by atoms with E-state index in [1.54, 1.807) is 7.11 Å². The highest BCUT2D eigenvalue weighted by atomic mass is 16.7. The zero-order valence-corrected chi connectivity index (χ0v) is 20.8. The van der Waals surface area contributed by atoms with E-state index < -0.39 is 28.9 Å². The molecule has 1 aliphatic heterocycles. The smallest absolute Gasteiger partial charge is 0.303 e. The number of carbonyl (C=O) groups is 3. The first-order valence-electron chi connectivity index (χ1n) is 12.8. The van der Waals surface area contributed by atoms with Crippen molar-refractivity contribution in [2.75, 3.05) is 13.7 Å². The fraction of sp³-hybridized carbons (Fsp3) is 0.885. The minimum absolute atomic E-state index is 0.000237. The van der Waals surface area contributed by atoms with Gasteiger partial charge in [-0.1, -0.05) is 6.92 Å². The average Bonchev–Trinajstić information content (AvgIpc) is 3.23. The molecule has 2 bridgehead atoms. The van der Waals surface area contributed by atoms with Gasteiger partial charge in [0.15, 0.2) is 12.1 Å². The lowest BCUT2D eigenvalue weighted by Crippen LogP contribution is -2.67. The van der Waals surface area contributed by atoms with E-state index >= 15 is 0 Å². The van der Waals surface area contributed by atoms with Crippen LogP contribution in [0.25, 0.3) is 0 Å². The summed E-state index contributed by atoms with van der Waals surface area (Å²) < 4.78 is 23.4. The Hall–Kier alpha value is -1.51. The van der Waals surface area contributed by atoms with Gasteiger partial charge in [0, 0.05) is 39.2 Å². The largest absolute Gasteiger partial charge is 0.462 e. The molecule has 1 N–H and O–H groups in total. The molecule has 34 heavy (non-hydrogen) atoms. The molecular weight excluding hydrogens is 440 g/mol. The van der Waals surface area contributed by atoms with Gasteiger partial charge in [-0.15, -0.1) is 0 Å². The molecule has 0 aromatic rings. The summed E-state index contributed by atoms with van der Waals surface area (Å²) in [7, 11) is 1.65. The maximum absolute atomic E-state index is 13.1. The van der Waals surface area contributed by atoms with Crippen molar-refractivity contribution in [3.05, 3.63) is 0 Å². The topological polar surface area (TPSA) is 108 Å². The molecule has 5 aliphatic rings. The van der Waals surface area contributed by atoms with E-state index in [4.69, 9.17) is 18.9 Å². The van der Waals surface area contributed by atoms with Crippen LogP contribution in [0.3, 0.4) is 0 Å². The third-order valence-electron chi connectivity index (χ3n) is 10.5.